The van der Waals surface area contributed by atoms with Gasteiger partial charge in [0.15, 0.2) is 5.75 Å². The van der Waals surface area contributed by atoms with E-state index in [9.17, 15) is 25.5 Å². The fraction of sp³-hybridized carbons (Fsp3) is 0.304. The molecule has 20 heteroatoms. The molecule has 13 nitrogen and oxygen atoms in total. The molecule has 15 unspecified atom stereocenters. The van der Waals surface area contributed by atoms with Gasteiger partial charge in [-0.25, -0.2) is 0 Å². The molecule has 8 aromatic carbocycles. The topological polar surface area (TPSA) is 175 Å². The van der Waals surface area contributed by atoms with E-state index >= 15 is 0 Å². The summed E-state index contributed by atoms with van der Waals surface area (Å²) in [7, 11) is 10.9. The average molecular weight is 1430 g/mol. The number of phenols is 4. The molecule has 12 rings (SSSR count). The van der Waals surface area contributed by atoms with Crippen LogP contribution in [0.3, 0.4) is 0 Å². The molecule has 0 amide bonds. The van der Waals surface area contributed by atoms with Crippen molar-refractivity contribution in [3.63, 3.8) is 0 Å². The zero-order chi connectivity index (χ0) is 63.5. The second kappa shape index (κ2) is 24.8. The molecule has 460 valence electrons. The third-order valence-corrected chi connectivity index (χ3v) is 22.0. The van der Waals surface area contributed by atoms with E-state index in [1.165, 1.54) is 40.5 Å². The number of aryl methyl sites for hydroxylation is 6. The van der Waals surface area contributed by atoms with Gasteiger partial charge in [-0.1, -0.05) is 0 Å². The summed E-state index contributed by atoms with van der Waals surface area (Å²) in [6, 6.07) is 30.6. The van der Waals surface area contributed by atoms with Gasteiger partial charge >= 0.3 is 513 Å². The number of hydrogen-bond donors (Lipinski definition) is 5. The van der Waals surface area contributed by atoms with Crippen molar-refractivity contribution in [2.24, 2.45) is 17.8 Å². The van der Waals surface area contributed by atoms with Crippen molar-refractivity contribution in [1.82, 2.24) is 0 Å². The van der Waals surface area contributed by atoms with E-state index in [-0.39, 0.29) is 63.9 Å². The molecule has 0 aliphatic carbocycles. The van der Waals surface area contributed by atoms with Gasteiger partial charge in [0, 0.05) is 0 Å². The summed E-state index contributed by atoms with van der Waals surface area (Å²) in [5.41, 5.74) is 15.6. The number of aliphatic hydroxyl groups excluding tert-OH is 1. The maximum atomic E-state index is 13.4. The monoisotopic (exact) mass is 1440 g/mol. The maximum absolute atomic E-state index is 13.4. The van der Waals surface area contributed by atoms with Crippen molar-refractivity contribution in [2.75, 3.05) is 0 Å². The first-order chi connectivity index (χ1) is 42.5. The molecule has 4 aliphatic rings. The van der Waals surface area contributed by atoms with Crippen LogP contribution in [0.2, 0.25) is 0 Å². The molecule has 0 spiro atoms. The van der Waals surface area contributed by atoms with Crippen LogP contribution in [0, 0.1) is 59.3 Å². The van der Waals surface area contributed by atoms with Gasteiger partial charge in [0.1, 0.15) is 0 Å². The Morgan fingerprint density at radius 3 is 1.48 bits per heavy atom. The van der Waals surface area contributed by atoms with Crippen LogP contribution in [-0.4, -0.2) is 39.5 Å². The van der Waals surface area contributed by atoms with Crippen LogP contribution in [-0.2, 0) is 46.0 Å². The second-order valence-corrected chi connectivity index (χ2v) is 27.8. The molecule has 8 aromatic rings. The Kier molecular flexibility index (Phi) is 17.8. The molecule has 5 N–H and O–H groups in total. The number of benzene rings is 8. The first-order valence-electron chi connectivity index (χ1n) is 29.6. The van der Waals surface area contributed by atoms with Gasteiger partial charge in [-0.3, -0.25) is 0 Å². The summed E-state index contributed by atoms with van der Waals surface area (Å²) in [4.78, 5) is 0. The van der Waals surface area contributed by atoms with Crippen LogP contribution in [0.5, 0.6) is 69.0 Å². The molecule has 4 heterocycles. The first kappa shape index (κ1) is 63.6. The molecule has 0 fully saturated rings. The van der Waals surface area contributed by atoms with Gasteiger partial charge in [0.2, 0.25) is 0 Å². The van der Waals surface area contributed by atoms with Gasteiger partial charge in [-0.15, -0.1) is 0 Å². The van der Waals surface area contributed by atoms with Crippen LogP contribution in [0.4, 0.5) is 0 Å². The quantitative estimate of drug-likeness (QED) is 0.0470. The minimum absolute atomic E-state index is 0.0865. The Morgan fingerprint density at radius 1 is 0.416 bits per heavy atom. The van der Waals surface area contributed by atoms with E-state index in [1.807, 2.05) is 34.6 Å². The number of aliphatic hydroxyl groups is 1. The fourth-order valence-corrected chi connectivity index (χ4v) is 17.2. The Hall–Kier alpha value is -5.52. The van der Waals surface area contributed by atoms with E-state index in [1.54, 1.807) is 30.3 Å². The average Bonchev–Trinajstić information content (AvgIpc) is 0.720. The third kappa shape index (κ3) is 10.8. The van der Waals surface area contributed by atoms with Crippen molar-refractivity contribution >= 4 is 59.1 Å². The van der Waals surface area contributed by atoms with E-state index in [0.717, 1.165) is 64.6 Å². The predicted octanol–water partition coefficient (Wildman–Crippen LogP) is 12.4. The number of phenolic OH excluding ortho intramolecular Hbond substituents is 4. The Bertz CT molecular complexity index is 4190. The van der Waals surface area contributed by atoms with Gasteiger partial charge in [-0.05, 0) is 0 Å². The predicted molar refractivity (Wildman–Crippen MR) is 352 cm³/mol. The normalized spacial score (nSPS) is 23.2. The molecule has 0 saturated carbocycles. The summed E-state index contributed by atoms with van der Waals surface area (Å²) >= 11 is 4.06. The zero-order valence-corrected chi connectivity index (χ0v) is 59.6. The number of aromatic hydroxyl groups is 4. The summed E-state index contributed by atoms with van der Waals surface area (Å²) < 4.78 is 54.9. The minimum atomic E-state index is -1.50. The molecular formula is C69H71BMo2O13P4. The Balaban J connectivity index is 1.15. The standard InChI is InChI=1S/C69H71BO13P4.2Mo/c1-29-10-14-38(22-33(29)5)62-35(7)24-44-31(3)12-18-42(66(44)76-62)54-36(8)63(39-15-11-30(2)34(6)23-39)77-67-43(19-13-32(4)53(54)67)55-37(9)64(40-16-20-45(71)46(72)25-40)78-68-56(55)47(73)27-48(74)57(68)59-58-51(82-86)28-52(83-87)60(70)69(58)79-65(61(59)75)41-17-21-49(80-84)50(26-41)81-85;;/h10-17,20-23,25-28,35-37,54-55,59,61-65,71-75H,24,70,84-87H2,1-9H3;;. The molecule has 15 atom stereocenters. The summed E-state index contributed by atoms with van der Waals surface area (Å²) in [5, 5.41) is 61.4. The molecule has 0 bridgehead atoms. The number of hydrogen-bond acceptors (Lipinski definition) is 13. The molecule has 0 saturated heterocycles. The van der Waals surface area contributed by atoms with Crippen LogP contribution in [0.1, 0.15) is 158 Å². The second-order valence-electron chi connectivity index (χ2n) is 24.7. The fourth-order valence-electron chi connectivity index (χ4n) is 14.5. The Labute approximate surface area is 552 Å². The molecule has 0 aromatic heterocycles. The molecule has 0 radical (unpaired) electrons. The van der Waals surface area contributed by atoms with Crippen molar-refractivity contribution in [3.8, 4) is 69.0 Å². The third-order valence-electron chi connectivity index (χ3n) is 19.3. The van der Waals surface area contributed by atoms with E-state index in [2.05, 4.69) is 162 Å². The number of rotatable bonds is 11. The van der Waals surface area contributed by atoms with E-state index < -0.39 is 42.2 Å². The van der Waals surface area contributed by atoms with Crippen LogP contribution < -0.4 is 50.4 Å². The van der Waals surface area contributed by atoms with Crippen LogP contribution >= 0.6 is 37.9 Å². The first-order valence-corrected chi connectivity index (χ1v) is 33.4. The Morgan fingerprint density at radius 2 is 0.899 bits per heavy atom. The van der Waals surface area contributed by atoms with Crippen molar-refractivity contribution in [2.45, 2.75) is 117 Å². The van der Waals surface area contributed by atoms with Crippen molar-refractivity contribution in [1.29, 1.82) is 0 Å². The van der Waals surface area contributed by atoms with Crippen molar-refractivity contribution < 1.29 is 102 Å². The van der Waals surface area contributed by atoms with E-state index in [4.69, 9.17) is 37.0 Å². The van der Waals surface area contributed by atoms with Crippen molar-refractivity contribution in [3.05, 3.63) is 192 Å². The van der Waals surface area contributed by atoms with Gasteiger partial charge < -0.3 is 9.05 Å². The van der Waals surface area contributed by atoms with Gasteiger partial charge in [-0.2, -0.15) is 0 Å². The van der Waals surface area contributed by atoms with E-state index in [0.29, 0.717) is 56.5 Å². The molecule has 89 heavy (non-hydrogen) atoms. The molecular weight excluding hydrogens is 1360 g/mol. The summed E-state index contributed by atoms with van der Waals surface area (Å²) in [6.07, 6.45) is -3.43. The zero-order valence-electron chi connectivity index (χ0n) is 50.9. The molecule has 4 aliphatic heterocycles. The SMILES string of the molecule is Bc1c(OP)cc(OP)c2c1OC(c1ccc(OP)c(OP)c1)C(O)C2c1c(O)cc(O)c2c1OC(c1ccc(O)c(O)c1)C(C)C2c1[c]([Mo])cc(C)c2c1OC(c1ccc(C)c(C)c1)C(C)C2c1[c]([Mo])cc(C)c2c1OC(c1ccc(C)c(C)c1)C(C)C2. The van der Waals surface area contributed by atoms with Crippen LogP contribution in [0.15, 0.2) is 97.1 Å². The summed E-state index contributed by atoms with van der Waals surface area (Å²) in [6.45, 7) is 19.5. The number of ether oxygens (including phenoxy) is 4. The summed E-state index contributed by atoms with van der Waals surface area (Å²) in [5.74, 6) is -0.752. The van der Waals surface area contributed by atoms with Gasteiger partial charge in [0.25, 0.3) is 0 Å². The number of fused-ring (bicyclic) bond motifs is 4. The van der Waals surface area contributed by atoms with Crippen LogP contribution in [0.25, 0.3) is 0 Å². The van der Waals surface area contributed by atoms with Gasteiger partial charge in [0.05, 0.1) is 28.4 Å².